The fourth-order valence-corrected chi connectivity index (χ4v) is 3.72. The summed E-state index contributed by atoms with van der Waals surface area (Å²) in [6.07, 6.45) is 0.890. The van der Waals surface area contributed by atoms with Crippen LogP contribution in [0.2, 0.25) is 0 Å². The number of amides is 1. The maximum Gasteiger partial charge on any atom is 0.236 e. The second-order valence-corrected chi connectivity index (χ2v) is 6.79. The molecule has 0 radical (unpaired) electrons. The Balaban J connectivity index is 1.59. The van der Waals surface area contributed by atoms with Crippen LogP contribution in [-0.4, -0.2) is 26.6 Å². The number of H-pyrrole nitrogens is 1. The smallest absolute Gasteiger partial charge is 0.236 e. The number of para-hydroxylation sites is 1. The maximum absolute atomic E-state index is 12.0. The average molecular weight is 332 g/mol. The van der Waals surface area contributed by atoms with Crippen LogP contribution in [0.1, 0.15) is 18.3 Å². The fourth-order valence-electron chi connectivity index (χ4n) is 2.09. The van der Waals surface area contributed by atoms with E-state index in [1.165, 1.54) is 23.1 Å². The number of benzene rings is 1. The van der Waals surface area contributed by atoms with E-state index < -0.39 is 0 Å². The fraction of sp³-hybridized carbons (Fsp3) is 0.267. The third kappa shape index (κ3) is 3.31. The zero-order chi connectivity index (χ0) is 15.5. The zero-order valence-electron chi connectivity index (χ0n) is 12.3. The molecule has 3 rings (SSSR count). The van der Waals surface area contributed by atoms with Crippen LogP contribution < -0.4 is 5.32 Å². The highest BCUT2D eigenvalue weighted by molar-refractivity contribution is 7.99. The van der Waals surface area contributed by atoms with Crippen LogP contribution in [0.4, 0.5) is 5.13 Å². The van der Waals surface area contributed by atoms with Crippen molar-refractivity contribution in [2.24, 2.45) is 0 Å². The van der Waals surface area contributed by atoms with Gasteiger partial charge in [-0.05, 0) is 25.5 Å². The third-order valence-corrected chi connectivity index (χ3v) is 5.00. The topological polar surface area (TPSA) is 70.7 Å². The standard InChI is InChI=1S/C15H16N4OS2/c1-3-10-9(2)16-14(17-10)21-8-13(20)19-15-18-11-6-4-5-7-12(11)22-15/h4-7H,3,8H2,1-2H3,(H,16,17)(H,18,19,20). The van der Waals surface area contributed by atoms with Crippen molar-refractivity contribution in [3.63, 3.8) is 0 Å². The van der Waals surface area contributed by atoms with Crippen LogP contribution >= 0.6 is 23.1 Å². The van der Waals surface area contributed by atoms with E-state index in [0.717, 1.165) is 33.2 Å². The summed E-state index contributed by atoms with van der Waals surface area (Å²) in [5.41, 5.74) is 3.02. The molecule has 0 saturated heterocycles. The lowest BCUT2D eigenvalue weighted by Gasteiger charge is -1.99. The van der Waals surface area contributed by atoms with E-state index in [1.807, 2.05) is 31.2 Å². The van der Waals surface area contributed by atoms with Gasteiger partial charge in [-0.25, -0.2) is 9.97 Å². The molecule has 5 nitrogen and oxygen atoms in total. The van der Waals surface area contributed by atoms with E-state index in [9.17, 15) is 4.79 Å². The number of aryl methyl sites for hydroxylation is 2. The van der Waals surface area contributed by atoms with Gasteiger partial charge in [0.1, 0.15) is 0 Å². The number of rotatable bonds is 5. The number of thioether (sulfide) groups is 1. The predicted octanol–water partition coefficient (Wildman–Crippen LogP) is 3.62. The van der Waals surface area contributed by atoms with Gasteiger partial charge in [-0.2, -0.15) is 0 Å². The van der Waals surface area contributed by atoms with E-state index in [-0.39, 0.29) is 5.91 Å². The molecule has 1 aromatic carbocycles. The van der Waals surface area contributed by atoms with Crippen LogP contribution in [0.15, 0.2) is 29.4 Å². The Morgan fingerprint density at radius 3 is 2.91 bits per heavy atom. The Morgan fingerprint density at radius 1 is 1.36 bits per heavy atom. The first kappa shape index (κ1) is 15.1. The number of fused-ring (bicyclic) bond motifs is 1. The van der Waals surface area contributed by atoms with Gasteiger partial charge in [-0.3, -0.25) is 4.79 Å². The third-order valence-electron chi connectivity index (χ3n) is 3.18. The Labute approximate surface area is 136 Å². The van der Waals surface area contributed by atoms with Crippen molar-refractivity contribution >= 4 is 44.4 Å². The van der Waals surface area contributed by atoms with Crippen molar-refractivity contribution in [3.8, 4) is 0 Å². The van der Waals surface area contributed by atoms with Crippen LogP contribution in [0, 0.1) is 6.92 Å². The molecule has 7 heteroatoms. The van der Waals surface area contributed by atoms with E-state index in [0.29, 0.717) is 10.9 Å². The van der Waals surface area contributed by atoms with E-state index >= 15 is 0 Å². The molecule has 1 amide bonds. The Hall–Kier alpha value is -1.86. The number of imidazole rings is 1. The van der Waals surface area contributed by atoms with Gasteiger partial charge >= 0.3 is 0 Å². The van der Waals surface area contributed by atoms with E-state index in [4.69, 9.17) is 0 Å². The molecular formula is C15H16N4OS2. The molecule has 0 fully saturated rings. The largest absolute Gasteiger partial charge is 0.337 e. The first-order chi connectivity index (χ1) is 10.7. The van der Waals surface area contributed by atoms with Crippen LogP contribution in [0.25, 0.3) is 10.2 Å². The minimum atomic E-state index is -0.0730. The highest BCUT2D eigenvalue weighted by Crippen LogP contribution is 2.25. The highest BCUT2D eigenvalue weighted by atomic mass is 32.2. The molecule has 2 N–H and O–H groups in total. The number of aromatic amines is 1. The minimum absolute atomic E-state index is 0.0730. The summed E-state index contributed by atoms with van der Waals surface area (Å²) in [5, 5.41) is 4.26. The Morgan fingerprint density at radius 2 is 2.18 bits per heavy atom. The SMILES string of the molecule is CCc1nc(SCC(=O)Nc2nc3ccccc3s2)[nH]c1C. The molecule has 3 aromatic rings. The molecule has 0 aliphatic carbocycles. The number of nitrogens with one attached hydrogen (secondary N) is 2. The second-order valence-electron chi connectivity index (χ2n) is 4.79. The Bertz CT molecular complexity index is 776. The summed E-state index contributed by atoms with van der Waals surface area (Å²) < 4.78 is 1.07. The van der Waals surface area contributed by atoms with Crippen LogP contribution in [0.3, 0.4) is 0 Å². The summed E-state index contributed by atoms with van der Waals surface area (Å²) in [5.74, 6) is 0.239. The van der Waals surface area contributed by atoms with Crippen molar-refractivity contribution in [1.82, 2.24) is 15.0 Å². The second kappa shape index (κ2) is 6.50. The molecular weight excluding hydrogens is 316 g/mol. The van der Waals surface area contributed by atoms with Gasteiger partial charge in [-0.15, -0.1) is 0 Å². The van der Waals surface area contributed by atoms with E-state index in [2.05, 4.69) is 27.2 Å². The van der Waals surface area contributed by atoms with Crippen molar-refractivity contribution < 1.29 is 4.79 Å². The normalized spacial score (nSPS) is 11.0. The first-order valence-corrected chi connectivity index (χ1v) is 8.79. The lowest BCUT2D eigenvalue weighted by atomic mass is 10.3. The highest BCUT2D eigenvalue weighted by Gasteiger charge is 2.10. The number of anilines is 1. The van der Waals surface area contributed by atoms with Gasteiger partial charge in [0.05, 0.1) is 21.7 Å². The van der Waals surface area contributed by atoms with Crippen molar-refractivity contribution in [1.29, 1.82) is 0 Å². The van der Waals surface area contributed by atoms with Crippen LogP contribution in [0.5, 0.6) is 0 Å². The van der Waals surface area contributed by atoms with Crippen LogP contribution in [-0.2, 0) is 11.2 Å². The predicted molar refractivity (Wildman–Crippen MR) is 91.7 cm³/mol. The molecule has 0 aliphatic heterocycles. The molecule has 0 bridgehead atoms. The van der Waals surface area contributed by atoms with Gasteiger partial charge < -0.3 is 10.3 Å². The molecule has 22 heavy (non-hydrogen) atoms. The number of hydrogen-bond donors (Lipinski definition) is 2. The number of thiazole rings is 1. The van der Waals surface area contributed by atoms with Crippen molar-refractivity contribution in [2.75, 3.05) is 11.1 Å². The number of hydrogen-bond acceptors (Lipinski definition) is 5. The number of carbonyl (C=O) groups excluding carboxylic acids is 1. The minimum Gasteiger partial charge on any atom is -0.337 e. The maximum atomic E-state index is 12.0. The summed E-state index contributed by atoms with van der Waals surface area (Å²) in [6.45, 7) is 4.06. The van der Waals surface area contributed by atoms with Crippen molar-refractivity contribution in [2.45, 2.75) is 25.4 Å². The molecule has 0 aliphatic rings. The molecule has 2 aromatic heterocycles. The lowest BCUT2D eigenvalue weighted by molar-refractivity contribution is -0.113. The molecule has 0 atom stereocenters. The van der Waals surface area contributed by atoms with E-state index in [1.54, 1.807) is 0 Å². The molecule has 0 unspecified atom stereocenters. The van der Waals surface area contributed by atoms with Gasteiger partial charge in [0, 0.05) is 5.69 Å². The number of aromatic nitrogens is 3. The first-order valence-electron chi connectivity index (χ1n) is 6.99. The monoisotopic (exact) mass is 332 g/mol. The number of carbonyl (C=O) groups is 1. The summed E-state index contributed by atoms with van der Waals surface area (Å²) in [7, 11) is 0. The van der Waals surface area contributed by atoms with Gasteiger partial charge in [0.15, 0.2) is 10.3 Å². The lowest BCUT2D eigenvalue weighted by Crippen LogP contribution is -2.13. The molecule has 114 valence electrons. The van der Waals surface area contributed by atoms with Crippen molar-refractivity contribution in [3.05, 3.63) is 35.7 Å². The van der Waals surface area contributed by atoms with Gasteiger partial charge in [0.2, 0.25) is 5.91 Å². The van der Waals surface area contributed by atoms with Gasteiger partial charge in [0.25, 0.3) is 0 Å². The Kier molecular flexibility index (Phi) is 4.44. The summed E-state index contributed by atoms with van der Waals surface area (Å²) >= 11 is 2.88. The summed E-state index contributed by atoms with van der Waals surface area (Å²) in [4.78, 5) is 24.1. The quantitative estimate of drug-likeness (QED) is 0.700. The number of nitrogens with zero attached hydrogens (tertiary/aromatic N) is 2. The molecule has 2 heterocycles. The average Bonchev–Trinajstić information content (AvgIpc) is 3.07. The molecule has 0 spiro atoms. The molecule has 0 saturated carbocycles. The summed E-state index contributed by atoms with van der Waals surface area (Å²) in [6, 6.07) is 7.84. The van der Waals surface area contributed by atoms with Gasteiger partial charge in [-0.1, -0.05) is 42.2 Å². The zero-order valence-corrected chi connectivity index (χ0v) is 14.0.